The molecule has 0 radical (unpaired) electrons. The predicted octanol–water partition coefficient (Wildman–Crippen LogP) is 2.18. The average Bonchev–Trinajstić information content (AvgIpc) is 2.94. The fourth-order valence-electron chi connectivity index (χ4n) is 2.85. The van der Waals surface area contributed by atoms with Gasteiger partial charge in [-0.05, 0) is 36.1 Å². The highest BCUT2D eigenvalue weighted by atomic mass is 16.7. The second-order valence-corrected chi connectivity index (χ2v) is 6.28. The van der Waals surface area contributed by atoms with E-state index in [1.165, 1.54) is 6.42 Å². The number of ether oxygens (including phenoxy) is 2. The molecule has 1 N–H and O–H groups in total. The van der Waals surface area contributed by atoms with Gasteiger partial charge < -0.3 is 14.6 Å². The van der Waals surface area contributed by atoms with Crippen LogP contribution >= 0.6 is 0 Å². The van der Waals surface area contributed by atoms with Crippen LogP contribution in [0.25, 0.3) is 0 Å². The molecule has 1 unspecified atom stereocenters. The Morgan fingerprint density at radius 3 is 2.84 bits per heavy atom. The molecule has 2 aliphatic heterocycles. The molecular weight excluding hydrogens is 242 g/mol. The Morgan fingerprint density at radius 2 is 2.11 bits per heavy atom. The van der Waals surface area contributed by atoms with Crippen LogP contribution in [-0.4, -0.2) is 36.4 Å². The van der Waals surface area contributed by atoms with E-state index in [4.69, 9.17) is 9.47 Å². The van der Waals surface area contributed by atoms with Crippen LogP contribution in [0.4, 0.5) is 0 Å². The largest absolute Gasteiger partial charge is 0.454 e. The maximum atomic E-state index is 10.3. The highest BCUT2D eigenvalue weighted by molar-refractivity contribution is 5.45. The number of nitrogens with zero attached hydrogens (tertiary/aromatic N) is 1. The van der Waals surface area contributed by atoms with Gasteiger partial charge in [0.15, 0.2) is 11.5 Å². The molecule has 2 aliphatic rings. The molecule has 0 saturated carbocycles. The summed E-state index contributed by atoms with van der Waals surface area (Å²) >= 11 is 0. The molecular formula is C15H21NO3. The molecule has 104 valence electrons. The van der Waals surface area contributed by atoms with Gasteiger partial charge in [-0.2, -0.15) is 0 Å². The number of hydrogen-bond donors (Lipinski definition) is 1. The SMILES string of the molecule is CC1(C)CCN(CC(O)c2ccc3c(c2)OCO3)C1. The molecule has 0 aliphatic carbocycles. The normalized spacial score (nSPS) is 22.7. The molecule has 1 fully saturated rings. The maximum absolute atomic E-state index is 10.3. The van der Waals surface area contributed by atoms with E-state index in [-0.39, 0.29) is 6.79 Å². The van der Waals surface area contributed by atoms with Crippen molar-refractivity contribution in [2.45, 2.75) is 26.4 Å². The summed E-state index contributed by atoms with van der Waals surface area (Å²) in [5.74, 6) is 1.50. The molecule has 1 atom stereocenters. The smallest absolute Gasteiger partial charge is 0.231 e. The van der Waals surface area contributed by atoms with Gasteiger partial charge in [-0.15, -0.1) is 0 Å². The van der Waals surface area contributed by atoms with Crippen LogP contribution in [0.3, 0.4) is 0 Å². The zero-order chi connectivity index (χ0) is 13.5. The first-order valence-corrected chi connectivity index (χ1v) is 6.83. The molecule has 1 aromatic carbocycles. The van der Waals surface area contributed by atoms with E-state index in [2.05, 4.69) is 18.7 Å². The van der Waals surface area contributed by atoms with E-state index in [1.54, 1.807) is 0 Å². The summed E-state index contributed by atoms with van der Waals surface area (Å²) in [6, 6.07) is 5.67. The lowest BCUT2D eigenvalue weighted by molar-refractivity contribution is 0.120. The average molecular weight is 263 g/mol. The minimum atomic E-state index is -0.469. The first kappa shape index (κ1) is 12.8. The van der Waals surface area contributed by atoms with Crippen molar-refractivity contribution in [3.05, 3.63) is 23.8 Å². The Bertz CT molecular complexity index is 472. The third-order valence-electron chi connectivity index (χ3n) is 3.97. The molecule has 4 heteroatoms. The molecule has 2 heterocycles. The summed E-state index contributed by atoms with van der Waals surface area (Å²) in [5.41, 5.74) is 1.27. The summed E-state index contributed by atoms with van der Waals surface area (Å²) in [4.78, 5) is 2.33. The number of likely N-dealkylation sites (tertiary alicyclic amines) is 1. The van der Waals surface area contributed by atoms with Crippen LogP contribution in [0, 0.1) is 5.41 Å². The molecule has 19 heavy (non-hydrogen) atoms. The van der Waals surface area contributed by atoms with E-state index >= 15 is 0 Å². The summed E-state index contributed by atoms with van der Waals surface area (Å²) in [6.45, 7) is 7.63. The van der Waals surface area contributed by atoms with Crippen molar-refractivity contribution in [3.8, 4) is 11.5 Å². The van der Waals surface area contributed by atoms with Gasteiger partial charge in [0.1, 0.15) is 0 Å². The van der Waals surface area contributed by atoms with Crippen molar-refractivity contribution in [2.24, 2.45) is 5.41 Å². The Kier molecular flexibility index (Phi) is 3.15. The fraction of sp³-hybridized carbons (Fsp3) is 0.600. The van der Waals surface area contributed by atoms with Gasteiger partial charge in [-0.25, -0.2) is 0 Å². The molecule has 0 amide bonds. The van der Waals surface area contributed by atoms with Gasteiger partial charge in [0, 0.05) is 13.1 Å². The van der Waals surface area contributed by atoms with Gasteiger partial charge in [-0.1, -0.05) is 19.9 Å². The van der Waals surface area contributed by atoms with Crippen LogP contribution in [0.1, 0.15) is 31.9 Å². The molecule has 0 aromatic heterocycles. The van der Waals surface area contributed by atoms with Crippen LogP contribution in [0.15, 0.2) is 18.2 Å². The van der Waals surface area contributed by atoms with E-state index in [0.29, 0.717) is 12.0 Å². The summed E-state index contributed by atoms with van der Waals surface area (Å²) in [6.07, 6.45) is 0.726. The number of β-amino-alcohol motifs (C(OH)–C–C–N with tert-alkyl or cyclic N) is 1. The van der Waals surface area contributed by atoms with E-state index in [1.807, 2.05) is 18.2 Å². The third-order valence-corrected chi connectivity index (χ3v) is 3.97. The second kappa shape index (κ2) is 4.69. The fourth-order valence-corrected chi connectivity index (χ4v) is 2.85. The zero-order valence-corrected chi connectivity index (χ0v) is 11.6. The van der Waals surface area contributed by atoms with E-state index in [9.17, 15) is 5.11 Å². The highest BCUT2D eigenvalue weighted by Gasteiger charge is 2.30. The van der Waals surface area contributed by atoms with Gasteiger partial charge >= 0.3 is 0 Å². The zero-order valence-electron chi connectivity index (χ0n) is 11.6. The lowest BCUT2D eigenvalue weighted by Crippen LogP contribution is -2.28. The summed E-state index contributed by atoms with van der Waals surface area (Å²) in [7, 11) is 0. The number of aliphatic hydroxyl groups is 1. The van der Waals surface area contributed by atoms with Gasteiger partial charge in [0.05, 0.1) is 6.10 Å². The summed E-state index contributed by atoms with van der Waals surface area (Å²) < 4.78 is 10.6. The van der Waals surface area contributed by atoms with Gasteiger partial charge in [-0.3, -0.25) is 4.90 Å². The topological polar surface area (TPSA) is 41.9 Å². The number of hydrogen-bond acceptors (Lipinski definition) is 4. The van der Waals surface area contributed by atoms with Crippen LogP contribution in [0.2, 0.25) is 0 Å². The molecule has 0 spiro atoms. The first-order chi connectivity index (χ1) is 9.03. The third kappa shape index (κ3) is 2.69. The van der Waals surface area contributed by atoms with Crippen LogP contribution < -0.4 is 9.47 Å². The molecule has 1 aromatic rings. The van der Waals surface area contributed by atoms with Crippen molar-refractivity contribution in [2.75, 3.05) is 26.4 Å². The van der Waals surface area contributed by atoms with Gasteiger partial charge in [0.25, 0.3) is 0 Å². The van der Waals surface area contributed by atoms with Crippen molar-refractivity contribution in [1.29, 1.82) is 0 Å². The quantitative estimate of drug-likeness (QED) is 0.907. The maximum Gasteiger partial charge on any atom is 0.231 e. The molecule has 0 bridgehead atoms. The van der Waals surface area contributed by atoms with Crippen LogP contribution in [-0.2, 0) is 0 Å². The number of fused-ring (bicyclic) bond motifs is 1. The number of rotatable bonds is 3. The minimum Gasteiger partial charge on any atom is -0.454 e. The van der Waals surface area contributed by atoms with Gasteiger partial charge in [0.2, 0.25) is 6.79 Å². The standard InChI is InChI=1S/C15H21NO3/c1-15(2)5-6-16(9-15)8-12(17)11-3-4-13-14(7-11)19-10-18-13/h3-4,7,12,17H,5-6,8-10H2,1-2H3. The van der Waals surface area contributed by atoms with Crippen LogP contribution in [0.5, 0.6) is 11.5 Å². The minimum absolute atomic E-state index is 0.273. The van der Waals surface area contributed by atoms with Crippen molar-refractivity contribution >= 4 is 0 Å². The predicted molar refractivity (Wildman–Crippen MR) is 72.4 cm³/mol. The van der Waals surface area contributed by atoms with E-state index in [0.717, 1.165) is 30.2 Å². The lowest BCUT2D eigenvalue weighted by Gasteiger charge is -2.22. The molecule has 3 rings (SSSR count). The molecule has 4 nitrogen and oxygen atoms in total. The monoisotopic (exact) mass is 263 g/mol. The Labute approximate surface area is 113 Å². The van der Waals surface area contributed by atoms with E-state index < -0.39 is 6.10 Å². The summed E-state index contributed by atoms with van der Waals surface area (Å²) in [5, 5.41) is 10.3. The second-order valence-electron chi connectivity index (χ2n) is 6.28. The van der Waals surface area contributed by atoms with Crippen molar-refractivity contribution in [1.82, 2.24) is 4.90 Å². The lowest BCUT2D eigenvalue weighted by atomic mass is 9.93. The van der Waals surface area contributed by atoms with Crippen molar-refractivity contribution in [3.63, 3.8) is 0 Å². The first-order valence-electron chi connectivity index (χ1n) is 6.83. The molecule has 1 saturated heterocycles. The Balaban J connectivity index is 1.66. The Morgan fingerprint density at radius 1 is 1.32 bits per heavy atom. The van der Waals surface area contributed by atoms with Crippen molar-refractivity contribution < 1.29 is 14.6 Å². The highest BCUT2D eigenvalue weighted by Crippen LogP contribution is 2.35. The number of benzene rings is 1. The number of aliphatic hydroxyl groups excluding tert-OH is 1. The Hall–Kier alpha value is -1.26.